The first-order chi connectivity index (χ1) is 14.6. The molecule has 3 aromatic rings. The maximum Gasteiger partial charge on any atom is 0.416 e. The second kappa shape index (κ2) is 8.67. The van der Waals surface area contributed by atoms with Crippen LogP contribution in [0.3, 0.4) is 0 Å². The number of benzene rings is 3. The second-order valence-corrected chi connectivity index (χ2v) is 7.13. The molecule has 0 aromatic heterocycles. The maximum absolute atomic E-state index is 13.3. The van der Waals surface area contributed by atoms with Gasteiger partial charge in [0.15, 0.2) is 0 Å². The van der Waals surface area contributed by atoms with Gasteiger partial charge in [-0.2, -0.15) is 13.2 Å². The topological polar surface area (TPSA) is 72.6 Å². The number of primary amides is 1. The second-order valence-electron chi connectivity index (χ2n) is 7.13. The van der Waals surface area contributed by atoms with Gasteiger partial charge in [0.1, 0.15) is 5.75 Å². The zero-order valence-electron chi connectivity index (χ0n) is 17.0. The zero-order valence-corrected chi connectivity index (χ0v) is 17.0. The molecule has 0 aliphatic rings. The number of carbonyl (C=O) groups excluding carboxylic acids is 2. The molecule has 0 saturated heterocycles. The van der Waals surface area contributed by atoms with Crippen LogP contribution in [0.4, 0.5) is 13.2 Å². The minimum absolute atomic E-state index is 0.0529. The van der Waals surface area contributed by atoms with Crippen molar-refractivity contribution in [2.75, 3.05) is 20.7 Å². The van der Waals surface area contributed by atoms with Crippen LogP contribution in [0.2, 0.25) is 0 Å². The van der Waals surface area contributed by atoms with Gasteiger partial charge in [-0.05, 0) is 52.2 Å². The van der Waals surface area contributed by atoms with E-state index in [1.807, 2.05) is 0 Å². The molecule has 8 heteroatoms. The van der Waals surface area contributed by atoms with Gasteiger partial charge in [-0.25, -0.2) is 0 Å². The lowest BCUT2D eigenvalue weighted by Crippen LogP contribution is -2.30. The number of nitrogens with two attached hydrogens (primary N) is 1. The summed E-state index contributed by atoms with van der Waals surface area (Å²) in [5.41, 5.74) is 5.67. The molecule has 3 aromatic carbocycles. The Labute approximate surface area is 177 Å². The van der Waals surface area contributed by atoms with Crippen LogP contribution < -0.4 is 10.5 Å². The molecule has 3 rings (SSSR count). The van der Waals surface area contributed by atoms with E-state index in [1.54, 1.807) is 49.5 Å². The highest BCUT2D eigenvalue weighted by atomic mass is 19.4. The molecular formula is C23H21F3N2O3. The number of hydrogen-bond acceptors (Lipinski definition) is 3. The van der Waals surface area contributed by atoms with Crippen LogP contribution in [0.25, 0.3) is 21.9 Å². The Hall–Kier alpha value is -3.55. The first kappa shape index (κ1) is 22.1. The quantitative estimate of drug-likeness (QED) is 0.627. The zero-order chi connectivity index (χ0) is 22.8. The highest BCUT2D eigenvalue weighted by molar-refractivity contribution is 6.02. The summed E-state index contributed by atoms with van der Waals surface area (Å²) in [6.45, 7) is 0.191. The van der Waals surface area contributed by atoms with Crippen molar-refractivity contribution in [3.8, 4) is 16.9 Å². The number of carbonyl (C=O) groups is 2. The predicted molar refractivity (Wildman–Crippen MR) is 112 cm³/mol. The summed E-state index contributed by atoms with van der Waals surface area (Å²) in [4.78, 5) is 25.0. The molecule has 0 aliphatic heterocycles. The maximum atomic E-state index is 13.3. The SMILES string of the molecule is COc1cc(-c2cccc3cc(C(=O)N(C)CCC(N)=O)ccc23)cc(C(F)(F)F)c1. The lowest BCUT2D eigenvalue weighted by Gasteiger charge is -2.17. The normalized spacial score (nSPS) is 11.4. The fourth-order valence-corrected chi connectivity index (χ4v) is 3.30. The molecule has 0 aliphatic carbocycles. The summed E-state index contributed by atoms with van der Waals surface area (Å²) in [6, 6.07) is 13.8. The summed E-state index contributed by atoms with van der Waals surface area (Å²) in [5, 5.41) is 1.39. The molecule has 0 heterocycles. The molecule has 0 atom stereocenters. The number of rotatable bonds is 6. The van der Waals surface area contributed by atoms with Crippen LogP contribution in [0.1, 0.15) is 22.3 Å². The number of nitrogens with zero attached hydrogens (tertiary/aromatic N) is 1. The Morgan fingerprint density at radius 1 is 1.06 bits per heavy atom. The van der Waals surface area contributed by atoms with E-state index < -0.39 is 17.6 Å². The number of methoxy groups -OCH3 is 1. The van der Waals surface area contributed by atoms with Gasteiger partial charge in [-0.3, -0.25) is 9.59 Å². The number of hydrogen-bond donors (Lipinski definition) is 1. The average Bonchev–Trinajstić information content (AvgIpc) is 2.75. The van der Waals surface area contributed by atoms with Crippen LogP contribution in [-0.4, -0.2) is 37.4 Å². The molecule has 0 saturated carbocycles. The molecule has 0 unspecified atom stereocenters. The van der Waals surface area contributed by atoms with Crippen molar-refractivity contribution in [1.82, 2.24) is 4.90 Å². The molecule has 2 amide bonds. The molecule has 162 valence electrons. The van der Waals surface area contributed by atoms with Gasteiger partial charge in [0, 0.05) is 25.6 Å². The standard InChI is InChI=1S/C23H21F3N2O3/c1-28(9-8-21(27)29)22(30)15-6-7-20-14(10-15)4-3-5-19(20)16-11-17(23(24,25)26)13-18(12-16)31-2/h3-7,10-13H,8-9H2,1-2H3,(H2,27,29). The van der Waals surface area contributed by atoms with E-state index in [1.165, 1.54) is 12.0 Å². The molecule has 0 fully saturated rings. The third-order valence-corrected chi connectivity index (χ3v) is 4.95. The molecule has 0 radical (unpaired) electrons. The largest absolute Gasteiger partial charge is 0.497 e. The van der Waals surface area contributed by atoms with Crippen LogP contribution in [-0.2, 0) is 11.0 Å². The predicted octanol–water partition coefficient (Wildman–Crippen LogP) is 4.48. The lowest BCUT2D eigenvalue weighted by molar-refractivity contribution is -0.137. The van der Waals surface area contributed by atoms with E-state index in [0.29, 0.717) is 27.5 Å². The monoisotopic (exact) mass is 430 g/mol. The molecular weight excluding hydrogens is 409 g/mol. The van der Waals surface area contributed by atoms with Gasteiger partial charge in [0.2, 0.25) is 5.91 Å². The Morgan fingerprint density at radius 3 is 2.45 bits per heavy atom. The van der Waals surface area contributed by atoms with Crippen molar-refractivity contribution >= 4 is 22.6 Å². The summed E-state index contributed by atoms with van der Waals surface area (Å²) in [7, 11) is 2.88. The van der Waals surface area contributed by atoms with Crippen molar-refractivity contribution in [3.63, 3.8) is 0 Å². The van der Waals surface area contributed by atoms with E-state index in [0.717, 1.165) is 12.1 Å². The average molecular weight is 430 g/mol. The molecule has 2 N–H and O–H groups in total. The van der Waals surface area contributed by atoms with E-state index in [2.05, 4.69) is 0 Å². The van der Waals surface area contributed by atoms with Crippen LogP contribution in [0, 0.1) is 0 Å². The number of fused-ring (bicyclic) bond motifs is 1. The summed E-state index contributed by atoms with van der Waals surface area (Å²) >= 11 is 0. The third-order valence-electron chi connectivity index (χ3n) is 4.95. The number of alkyl halides is 3. The van der Waals surface area contributed by atoms with E-state index >= 15 is 0 Å². The Bertz CT molecular complexity index is 1140. The van der Waals surface area contributed by atoms with Crippen molar-refractivity contribution in [1.29, 1.82) is 0 Å². The summed E-state index contributed by atoms with van der Waals surface area (Å²) in [5.74, 6) is -0.682. The minimum Gasteiger partial charge on any atom is -0.497 e. The molecule has 0 spiro atoms. The van der Waals surface area contributed by atoms with Crippen molar-refractivity contribution in [2.24, 2.45) is 5.73 Å². The molecule has 5 nitrogen and oxygen atoms in total. The summed E-state index contributed by atoms with van der Waals surface area (Å²) in [6.07, 6.45) is -4.46. The Balaban J connectivity index is 2.03. The number of halogens is 3. The molecule has 0 bridgehead atoms. The highest BCUT2D eigenvalue weighted by Gasteiger charge is 2.31. The fraction of sp³-hybridized carbons (Fsp3) is 0.217. The Kier molecular flexibility index (Phi) is 6.19. The van der Waals surface area contributed by atoms with Gasteiger partial charge in [-0.15, -0.1) is 0 Å². The van der Waals surface area contributed by atoms with Crippen LogP contribution in [0.15, 0.2) is 54.6 Å². The first-order valence-corrected chi connectivity index (χ1v) is 9.43. The third kappa shape index (κ3) is 4.96. The van der Waals surface area contributed by atoms with Gasteiger partial charge < -0.3 is 15.4 Å². The van der Waals surface area contributed by atoms with E-state index in [4.69, 9.17) is 10.5 Å². The van der Waals surface area contributed by atoms with Crippen molar-refractivity contribution < 1.29 is 27.5 Å². The summed E-state index contributed by atoms with van der Waals surface area (Å²) < 4.78 is 45.0. The lowest BCUT2D eigenvalue weighted by atomic mass is 9.95. The van der Waals surface area contributed by atoms with Crippen LogP contribution >= 0.6 is 0 Å². The van der Waals surface area contributed by atoms with Gasteiger partial charge >= 0.3 is 6.18 Å². The van der Waals surface area contributed by atoms with E-state index in [9.17, 15) is 22.8 Å². The number of amides is 2. The van der Waals surface area contributed by atoms with Crippen molar-refractivity contribution in [2.45, 2.75) is 12.6 Å². The number of ether oxygens (including phenoxy) is 1. The van der Waals surface area contributed by atoms with Gasteiger partial charge in [-0.1, -0.05) is 24.3 Å². The van der Waals surface area contributed by atoms with Gasteiger partial charge in [0.05, 0.1) is 12.7 Å². The van der Waals surface area contributed by atoms with E-state index in [-0.39, 0.29) is 24.6 Å². The van der Waals surface area contributed by atoms with Crippen molar-refractivity contribution in [3.05, 3.63) is 65.7 Å². The Morgan fingerprint density at radius 2 is 1.81 bits per heavy atom. The van der Waals surface area contributed by atoms with Crippen LogP contribution in [0.5, 0.6) is 5.75 Å². The van der Waals surface area contributed by atoms with Gasteiger partial charge in [0.25, 0.3) is 5.91 Å². The fourth-order valence-electron chi connectivity index (χ4n) is 3.30. The smallest absolute Gasteiger partial charge is 0.416 e. The first-order valence-electron chi connectivity index (χ1n) is 9.43. The minimum atomic E-state index is -4.51. The molecule has 31 heavy (non-hydrogen) atoms. The highest BCUT2D eigenvalue weighted by Crippen LogP contribution is 2.37.